The predicted molar refractivity (Wildman–Crippen MR) is 108 cm³/mol. The van der Waals surface area contributed by atoms with Gasteiger partial charge in [0.15, 0.2) is 11.5 Å². The SMILES string of the molecule is COc1cc(/C=N\NC(=O)c2c(C)nc3ccccn23)ccc1OCC(C)C. The number of ether oxygens (including phenoxy) is 2. The van der Waals surface area contributed by atoms with Gasteiger partial charge in [0, 0.05) is 6.20 Å². The monoisotopic (exact) mass is 380 g/mol. The number of nitrogens with zero attached hydrogens (tertiary/aromatic N) is 3. The summed E-state index contributed by atoms with van der Waals surface area (Å²) < 4.78 is 12.9. The third kappa shape index (κ3) is 4.31. The standard InChI is InChI=1S/C21H24N4O3/c1-14(2)13-28-17-9-8-16(11-18(17)27-4)12-22-24-21(26)20-15(3)23-19-7-5-6-10-25(19)20/h5-12,14H,13H2,1-4H3,(H,24,26)/b22-12-. The van der Waals surface area contributed by atoms with E-state index in [-0.39, 0.29) is 5.91 Å². The highest BCUT2D eigenvalue weighted by atomic mass is 16.5. The lowest BCUT2D eigenvalue weighted by Gasteiger charge is -2.12. The number of aryl methyl sites for hydroxylation is 1. The number of hydrogen-bond acceptors (Lipinski definition) is 5. The van der Waals surface area contributed by atoms with E-state index in [1.807, 2.05) is 36.4 Å². The number of fused-ring (bicyclic) bond motifs is 1. The van der Waals surface area contributed by atoms with Gasteiger partial charge >= 0.3 is 0 Å². The van der Waals surface area contributed by atoms with Gasteiger partial charge in [-0.25, -0.2) is 10.4 Å². The summed E-state index contributed by atoms with van der Waals surface area (Å²) in [6, 6.07) is 11.1. The van der Waals surface area contributed by atoms with Crippen LogP contribution in [0.15, 0.2) is 47.7 Å². The minimum absolute atomic E-state index is 0.323. The van der Waals surface area contributed by atoms with Crippen molar-refractivity contribution in [2.45, 2.75) is 20.8 Å². The second-order valence-corrected chi connectivity index (χ2v) is 6.79. The average Bonchev–Trinajstić information content (AvgIpc) is 3.02. The first-order valence-corrected chi connectivity index (χ1v) is 9.07. The summed E-state index contributed by atoms with van der Waals surface area (Å²) in [6.45, 7) is 6.58. The third-order valence-corrected chi connectivity index (χ3v) is 4.06. The summed E-state index contributed by atoms with van der Waals surface area (Å²) in [5.41, 5.74) is 5.16. The lowest BCUT2D eigenvalue weighted by atomic mass is 10.2. The summed E-state index contributed by atoms with van der Waals surface area (Å²) in [7, 11) is 1.59. The fraction of sp³-hybridized carbons (Fsp3) is 0.286. The molecule has 146 valence electrons. The molecule has 7 heteroatoms. The van der Waals surface area contributed by atoms with Crippen LogP contribution in [0.1, 0.15) is 35.6 Å². The zero-order valence-corrected chi connectivity index (χ0v) is 16.5. The van der Waals surface area contributed by atoms with Crippen LogP contribution < -0.4 is 14.9 Å². The lowest BCUT2D eigenvalue weighted by molar-refractivity contribution is 0.0948. The molecule has 0 spiro atoms. The lowest BCUT2D eigenvalue weighted by Crippen LogP contribution is -2.20. The fourth-order valence-electron chi connectivity index (χ4n) is 2.75. The normalized spacial score (nSPS) is 11.3. The van der Waals surface area contributed by atoms with E-state index in [4.69, 9.17) is 9.47 Å². The van der Waals surface area contributed by atoms with Crippen LogP contribution in [0, 0.1) is 12.8 Å². The number of amides is 1. The Bertz CT molecular complexity index is 1010. The quantitative estimate of drug-likeness (QED) is 0.503. The number of benzene rings is 1. The second kappa shape index (κ2) is 8.56. The van der Waals surface area contributed by atoms with E-state index in [0.29, 0.717) is 35.4 Å². The molecular formula is C21H24N4O3. The van der Waals surface area contributed by atoms with Crippen molar-refractivity contribution in [1.82, 2.24) is 14.8 Å². The van der Waals surface area contributed by atoms with Crippen molar-refractivity contribution in [3.63, 3.8) is 0 Å². The molecule has 1 N–H and O–H groups in total. The molecule has 0 saturated heterocycles. The van der Waals surface area contributed by atoms with E-state index in [0.717, 1.165) is 11.2 Å². The van der Waals surface area contributed by atoms with Crippen molar-refractivity contribution in [3.05, 3.63) is 59.5 Å². The highest BCUT2D eigenvalue weighted by molar-refractivity contribution is 5.95. The number of carbonyl (C=O) groups excluding carboxylic acids is 1. The molecule has 0 radical (unpaired) electrons. The Kier molecular flexibility index (Phi) is 5.93. The van der Waals surface area contributed by atoms with E-state index in [2.05, 4.69) is 29.4 Å². The number of aromatic nitrogens is 2. The molecule has 0 saturated carbocycles. The summed E-state index contributed by atoms with van der Waals surface area (Å²) in [5, 5.41) is 4.06. The van der Waals surface area contributed by atoms with Gasteiger partial charge in [-0.05, 0) is 48.7 Å². The molecule has 0 unspecified atom stereocenters. The van der Waals surface area contributed by atoms with Crippen LogP contribution >= 0.6 is 0 Å². The van der Waals surface area contributed by atoms with Gasteiger partial charge in [-0.2, -0.15) is 5.10 Å². The van der Waals surface area contributed by atoms with E-state index >= 15 is 0 Å². The van der Waals surface area contributed by atoms with Gasteiger partial charge < -0.3 is 9.47 Å². The molecule has 3 aromatic rings. The van der Waals surface area contributed by atoms with Crippen molar-refractivity contribution >= 4 is 17.8 Å². The van der Waals surface area contributed by atoms with Crippen LogP contribution in [0.4, 0.5) is 0 Å². The first kappa shape index (κ1) is 19.4. The summed E-state index contributed by atoms with van der Waals surface area (Å²) in [4.78, 5) is 16.9. The number of imidazole rings is 1. The smallest absolute Gasteiger partial charge is 0.290 e. The Labute approximate surface area is 164 Å². The van der Waals surface area contributed by atoms with Crippen molar-refractivity contribution in [2.24, 2.45) is 11.0 Å². The van der Waals surface area contributed by atoms with E-state index in [1.54, 1.807) is 30.8 Å². The molecule has 1 aromatic carbocycles. The number of nitrogens with one attached hydrogen (secondary N) is 1. The molecule has 0 aliphatic heterocycles. The molecule has 0 aliphatic carbocycles. The Morgan fingerprint density at radius 2 is 2.11 bits per heavy atom. The molecule has 7 nitrogen and oxygen atoms in total. The highest BCUT2D eigenvalue weighted by Crippen LogP contribution is 2.28. The van der Waals surface area contributed by atoms with Crippen LogP contribution in [0.3, 0.4) is 0 Å². The zero-order valence-electron chi connectivity index (χ0n) is 16.5. The van der Waals surface area contributed by atoms with Crippen molar-refractivity contribution in [3.8, 4) is 11.5 Å². The Hall–Kier alpha value is -3.35. The van der Waals surface area contributed by atoms with Crippen LogP contribution in [-0.2, 0) is 0 Å². The third-order valence-electron chi connectivity index (χ3n) is 4.06. The van der Waals surface area contributed by atoms with Gasteiger partial charge in [-0.1, -0.05) is 19.9 Å². The predicted octanol–water partition coefficient (Wildman–Crippen LogP) is 3.45. The molecule has 1 amide bonds. The molecule has 3 rings (SSSR count). The van der Waals surface area contributed by atoms with Gasteiger partial charge in [0.25, 0.3) is 5.91 Å². The van der Waals surface area contributed by atoms with Crippen LogP contribution in [0.25, 0.3) is 5.65 Å². The van der Waals surface area contributed by atoms with Gasteiger partial charge in [0.2, 0.25) is 0 Å². The van der Waals surface area contributed by atoms with E-state index < -0.39 is 0 Å². The molecular weight excluding hydrogens is 356 g/mol. The summed E-state index contributed by atoms with van der Waals surface area (Å²) in [5.74, 6) is 1.40. The van der Waals surface area contributed by atoms with Gasteiger partial charge in [0.1, 0.15) is 11.3 Å². The first-order valence-electron chi connectivity index (χ1n) is 9.07. The minimum Gasteiger partial charge on any atom is -0.493 e. The highest BCUT2D eigenvalue weighted by Gasteiger charge is 2.15. The Balaban J connectivity index is 1.71. The maximum atomic E-state index is 12.5. The Morgan fingerprint density at radius 1 is 1.29 bits per heavy atom. The summed E-state index contributed by atoms with van der Waals surface area (Å²) in [6.07, 6.45) is 3.36. The number of carbonyl (C=O) groups is 1. The van der Waals surface area contributed by atoms with Crippen molar-refractivity contribution in [2.75, 3.05) is 13.7 Å². The molecule has 0 fully saturated rings. The van der Waals surface area contributed by atoms with Crippen LogP contribution in [0.5, 0.6) is 11.5 Å². The van der Waals surface area contributed by atoms with E-state index in [1.165, 1.54) is 0 Å². The second-order valence-electron chi connectivity index (χ2n) is 6.79. The minimum atomic E-state index is -0.323. The van der Waals surface area contributed by atoms with Crippen LogP contribution in [-0.4, -0.2) is 35.2 Å². The Morgan fingerprint density at radius 3 is 2.86 bits per heavy atom. The first-order chi connectivity index (χ1) is 13.5. The van der Waals surface area contributed by atoms with Gasteiger partial charge in [-0.15, -0.1) is 0 Å². The fourth-order valence-corrected chi connectivity index (χ4v) is 2.75. The maximum Gasteiger partial charge on any atom is 0.290 e. The molecule has 0 atom stereocenters. The van der Waals surface area contributed by atoms with Crippen LogP contribution in [0.2, 0.25) is 0 Å². The molecule has 0 bridgehead atoms. The summed E-state index contributed by atoms with van der Waals surface area (Å²) >= 11 is 0. The molecule has 2 aromatic heterocycles. The van der Waals surface area contributed by atoms with E-state index in [9.17, 15) is 4.79 Å². The molecule has 2 heterocycles. The number of pyridine rings is 1. The average molecular weight is 380 g/mol. The number of hydrogen-bond donors (Lipinski definition) is 1. The van der Waals surface area contributed by atoms with Crippen molar-refractivity contribution < 1.29 is 14.3 Å². The maximum absolute atomic E-state index is 12.5. The van der Waals surface area contributed by atoms with Gasteiger partial charge in [-0.3, -0.25) is 9.20 Å². The number of rotatable bonds is 7. The molecule has 28 heavy (non-hydrogen) atoms. The number of methoxy groups -OCH3 is 1. The van der Waals surface area contributed by atoms with Crippen molar-refractivity contribution in [1.29, 1.82) is 0 Å². The largest absolute Gasteiger partial charge is 0.493 e. The molecule has 0 aliphatic rings. The zero-order chi connectivity index (χ0) is 20.1. The number of hydrazone groups is 1. The topological polar surface area (TPSA) is 77.2 Å². The van der Waals surface area contributed by atoms with Gasteiger partial charge in [0.05, 0.1) is 25.6 Å².